The molecule has 0 saturated carbocycles. The number of thiazole rings is 1. The summed E-state index contributed by atoms with van der Waals surface area (Å²) in [5.41, 5.74) is 5.60. The number of hydrogen-bond acceptors (Lipinski definition) is 7. The molecule has 0 fully saturated rings. The summed E-state index contributed by atoms with van der Waals surface area (Å²) < 4.78 is 26.0. The summed E-state index contributed by atoms with van der Waals surface area (Å²) in [5, 5.41) is 13.2. The molecule has 1 aromatic heterocycles. The Bertz CT molecular complexity index is 1280. The van der Waals surface area contributed by atoms with E-state index in [1.807, 2.05) is 17.5 Å². The van der Waals surface area contributed by atoms with E-state index in [2.05, 4.69) is 67.2 Å². The molecule has 39 heavy (non-hydrogen) atoms. The Morgan fingerprint density at radius 1 is 0.974 bits per heavy atom. The van der Waals surface area contributed by atoms with Gasteiger partial charge in [-0.25, -0.2) is 13.4 Å². The summed E-state index contributed by atoms with van der Waals surface area (Å²) in [4.78, 5) is 17.4. The minimum Gasteiger partial charge on any atom is -0.550 e. The van der Waals surface area contributed by atoms with Gasteiger partial charge in [0.15, 0.2) is 0 Å². The lowest BCUT2D eigenvalue weighted by Crippen LogP contribution is -2.30. The fraction of sp³-hybridized carbons (Fsp3) is 0.467. The number of sulfonamides is 1. The number of carboxylic acids is 1. The van der Waals surface area contributed by atoms with Crippen LogP contribution in [0.1, 0.15) is 74.4 Å². The average Bonchev–Trinajstić information content (AvgIpc) is 3.37. The Labute approximate surface area is 237 Å². The van der Waals surface area contributed by atoms with Crippen molar-refractivity contribution in [1.82, 2.24) is 9.29 Å². The molecule has 0 amide bonds. The minimum absolute atomic E-state index is 0.0311. The third-order valence-electron chi connectivity index (χ3n) is 6.92. The van der Waals surface area contributed by atoms with E-state index in [4.69, 9.17) is 0 Å². The molecule has 3 rings (SSSR count). The molecular weight excluding hydrogens is 530 g/mol. The molecule has 0 saturated heterocycles. The Hall–Kier alpha value is -2.75. The van der Waals surface area contributed by atoms with E-state index in [-0.39, 0.29) is 25.1 Å². The van der Waals surface area contributed by atoms with Crippen LogP contribution >= 0.6 is 11.3 Å². The third-order valence-corrected chi connectivity index (χ3v) is 9.63. The van der Waals surface area contributed by atoms with Crippen LogP contribution in [0, 0.1) is 0 Å². The van der Waals surface area contributed by atoms with Gasteiger partial charge in [-0.3, -0.25) is 0 Å². The van der Waals surface area contributed by atoms with Gasteiger partial charge in [0.1, 0.15) is 5.01 Å². The highest BCUT2D eigenvalue weighted by Gasteiger charge is 2.19. The Kier molecular flexibility index (Phi) is 11.5. The lowest BCUT2D eigenvalue weighted by atomic mass is 9.90. The highest BCUT2D eigenvalue weighted by atomic mass is 32.2. The van der Waals surface area contributed by atoms with Crippen LogP contribution in [0.4, 0.5) is 5.69 Å². The van der Waals surface area contributed by atoms with Gasteiger partial charge in [0, 0.05) is 43.2 Å². The summed E-state index contributed by atoms with van der Waals surface area (Å²) in [6.45, 7) is 5.44. The highest BCUT2D eigenvalue weighted by Crippen LogP contribution is 2.29. The zero-order valence-electron chi connectivity index (χ0n) is 23.4. The predicted octanol–water partition coefficient (Wildman–Crippen LogP) is 5.42. The van der Waals surface area contributed by atoms with Gasteiger partial charge in [-0.2, -0.15) is 4.31 Å². The van der Waals surface area contributed by atoms with Gasteiger partial charge >= 0.3 is 0 Å². The van der Waals surface area contributed by atoms with Gasteiger partial charge < -0.3 is 14.8 Å². The van der Waals surface area contributed by atoms with Crippen molar-refractivity contribution in [2.75, 3.05) is 24.7 Å². The van der Waals surface area contributed by atoms with Crippen molar-refractivity contribution < 1.29 is 18.3 Å². The van der Waals surface area contributed by atoms with E-state index in [0.29, 0.717) is 10.9 Å². The van der Waals surface area contributed by atoms with Crippen LogP contribution in [0.2, 0.25) is 0 Å². The Morgan fingerprint density at radius 3 is 2.21 bits per heavy atom. The van der Waals surface area contributed by atoms with Crippen molar-refractivity contribution in [2.24, 2.45) is 0 Å². The summed E-state index contributed by atoms with van der Waals surface area (Å²) in [6, 6.07) is 17.3. The maximum Gasteiger partial charge on any atom is 0.214 e. The van der Waals surface area contributed by atoms with Gasteiger partial charge in [-0.15, -0.1) is 11.3 Å². The van der Waals surface area contributed by atoms with Crippen LogP contribution in [0.15, 0.2) is 53.9 Å². The Morgan fingerprint density at radius 2 is 1.62 bits per heavy atom. The number of hydrogen-bond donors (Lipinski definition) is 0. The van der Waals surface area contributed by atoms with Crippen molar-refractivity contribution in [2.45, 2.75) is 71.4 Å². The van der Waals surface area contributed by atoms with Gasteiger partial charge in [0.25, 0.3) is 0 Å². The van der Waals surface area contributed by atoms with E-state index in [0.717, 1.165) is 17.8 Å². The molecule has 0 aliphatic rings. The van der Waals surface area contributed by atoms with Crippen molar-refractivity contribution in [3.63, 3.8) is 0 Å². The second kappa shape index (κ2) is 14.6. The molecule has 1 heterocycles. The van der Waals surface area contributed by atoms with Crippen LogP contribution in [-0.4, -0.2) is 43.5 Å². The summed E-state index contributed by atoms with van der Waals surface area (Å²) in [5.74, 6) is -0.829. The fourth-order valence-corrected chi connectivity index (χ4v) is 6.76. The molecule has 0 N–H and O–H groups in total. The first kappa shape index (κ1) is 30.8. The molecular formula is C30H40N3O4S2-. The number of carbonyl (C=O) groups excluding carboxylic acids is 1. The molecule has 0 aliphatic heterocycles. The lowest BCUT2D eigenvalue weighted by molar-refractivity contribution is -0.305. The van der Waals surface area contributed by atoms with Crippen LogP contribution in [0.5, 0.6) is 0 Å². The SMILES string of the molecule is CCCC(CCC)c1ccc(N(C)Cc2ccc(-c3csc(CN(C)S(=O)(=O)CCCC(=O)[O-])n3)cc2)cc1. The number of rotatable bonds is 16. The topological polar surface area (TPSA) is 93.6 Å². The summed E-state index contributed by atoms with van der Waals surface area (Å²) in [6.07, 6.45) is 4.64. The zero-order chi connectivity index (χ0) is 28.4. The van der Waals surface area contributed by atoms with Gasteiger partial charge in [-0.05, 0) is 54.9 Å². The third kappa shape index (κ3) is 9.15. The fourth-order valence-electron chi connectivity index (χ4n) is 4.68. The molecule has 0 atom stereocenters. The number of anilines is 1. The molecule has 9 heteroatoms. The highest BCUT2D eigenvalue weighted by molar-refractivity contribution is 7.89. The predicted molar refractivity (Wildman–Crippen MR) is 158 cm³/mol. The van der Waals surface area contributed by atoms with E-state index in [9.17, 15) is 18.3 Å². The number of nitrogens with zero attached hydrogens (tertiary/aromatic N) is 3. The normalized spacial score (nSPS) is 11.8. The standard InChI is InChI=1S/C30H41N3O4S2/c1-5-8-24(9-6-2)25-15-17-27(18-16-25)32(3)20-23-11-13-26(14-12-23)28-22-38-29(31-28)21-33(4)39(36,37)19-7-10-30(34)35/h11-18,22,24H,5-10,19-21H2,1-4H3,(H,34,35)/p-1. The van der Waals surface area contributed by atoms with E-state index in [1.165, 1.54) is 65.2 Å². The first-order valence-electron chi connectivity index (χ1n) is 13.6. The lowest BCUT2D eigenvalue weighted by Gasteiger charge is -2.21. The molecule has 0 radical (unpaired) electrons. The smallest absolute Gasteiger partial charge is 0.214 e. The molecule has 2 aromatic carbocycles. The number of benzene rings is 2. The van der Waals surface area contributed by atoms with Crippen LogP contribution in [0.3, 0.4) is 0 Å². The monoisotopic (exact) mass is 570 g/mol. The average molecular weight is 571 g/mol. The molecule has 0 unspecified atom stereocenters. The maximum atomic E-state index is 12.4. The van der Waals surface area contributed by atoms with Crippen molar-refractivity contribution in [3.8, 4) is 11.3 Å². The first-order valence-corrected chi connectivity index (χ1v) is 16.1. The van der Waals surface area contributed by atoms with Crippen molar-refractivity contribution >= 4 is 33.0 Å². The number of carbonyl (C=O) groups is 1. The quantitative estimate of drug-likeness (QED) is 0.228. The second-order valence-corrected chi connectivity index (χ2v) is 13.2. The van der Waals surface area contributed by atoms with Crippen LogP contribution in [-0.2, 0) is 27.9 Å². The summed E-state index contributed by atoms with van der Waals surface area (Å²) in [7, 11) is 0.0368. The largest absolute Gasteiger partial charge is 0.550 e. The minimum atomic E-state index is -3.56. The number of carboxylic acid groups (broad SMARTS) is 1. The summed E-state index contributed by atoms with van der Waals surface area (Å²) >= 11 is 1.41. The van der Waals surface area contributed by atoms with Gasteiger partial charge in [-0.1, -0.05) is 63.1 Å². The maximum absolute atomic E-state index is 12.4. The van der Waals surface area contributed by atoms with Gasteiger partial charge in [0.05, 0.1) is 18.0 Å². The van der Waals surface area contributed by atoms with Crippen molar-refractivity contribution in [3.05, 3.63) is 70.0 Å². The Balaban J connectivity index is 1.58. The zero-order valence-corrected chi connectivity index (χ0v) is 25.1. The molecule has 7 nitrogen and oxygen atoms in total. The second-order valence-electron chi connectivity index (χ2n) is 10.1. The van der Waals surface area contributed by atoms with E-state index >= 15 is 0 Å². The van der Waals surface area contributed by atoms with Gasteiger partial charge in [0.2, 0.25) is 10.0 Å². The van der Waals surface area contributed by atoms with Crippen LogP contribution in [0.25, 0.3) is 11.3 Å². The molecule has 3 aromatic rings. The number of aliphatic carboxylic acids is 1. The van der Waals surface area contributed by atoms with Crippen molar-refractivity contribution in [1.29, 1.82) is 0 Å². The molecule has 0 aliphatic carbocycles. The van der Waals surface area contributed by atoms with Crippen LogP contribution < -0.4 is 10.0 Å². The molecule has 0 bridgehead atoms. The molecule has 0 spiro atoms. The first-order chi connectivity index (χ1) is 18.6. The van der Waals surface area contributed by atoms with E-state index < -0.39 is 16.0 Å². The van der Waals surface area contributed by atoms with E-state index in [1.54, 1.807) is 0 Å². The molecule has 212 valence electrons. The number of aromatic nitrogens is 1.